The highest BCUT2D eigenvalue weighted by molar-refractivity contribution is 6.01. The molecule has 0 fully saturated rings. The predicted molar refractivity (Wildman–Crippen MR) is 91.3 cm³/mol. The van der Waals surface area contributed by atoms with E-state index >= 15 is 0 Å². The molecule has 0 saturated heterocycles. The van der Waals surface area contributed by atoms with Gasteiger partial charge in [0.15, 0.2) is 0 Å². The number of benzene rings is 1. The van der Waals surface area contributed by atoms with Crippen LogP contribution in [-0.2, 0) is 19.1 Å². The van der Waals surface area contributed by atoms with Gasteiger partial charge in [-0.2, -0.15) is 0 Å². The van der Waals surface area contributed by atoms with Crippen molar-refractivity contribution in [1.82, 2.24) is 0 Å². The summed E-state index contributed by atoms with van der Waals surface area (Å²) >= 11 is 0. The van der Waals surface area contributed by atoms with Gasteiger partial charge in [0.1, 0.15) is 0 Å². The SMILES string of the molecule is C=C(OC(=O)C(=C)C)OC(=O)C(=C)C.O=C(O)c1ccccc1C(=O)O. The Balaban J connectivity index is 0.000000485. The number of esters is 2. The van der Waals surface area contributed by atoms with E-state index in [1.165, 1.54) is 38.1 Å². The maximum atomic E-state index is 10.9. The lowest BCUT2D eigenvalue weighted by molar-refractivity contribution is -0.148. The first-order valence-corrected chi connectivity index (χ1v) is 6.97. The normalized spacial score (nSPS) is 9.00. The topological polar surface area (TPSA) is 127 Å². The molecule has 0 amide bonds. The van der Waals surface area contributed by atoms with Crippen LogP contribution in [0.3, 0.4) is 0 Å². The fraction of sp³-hybridized carbons (Fsp3) is 0.111. The quantitative estimate of drug-likeness (QED) is 0.449. The van der Waals surface area contributed by atoms with Gasteiger partial charge in [-0.15, -0.1) is 0 Å². The molecule has 8 nitrogen and oxygen atoms in total. The highest BCUT2D eigenvalue weighted by Gasteiger charge is 2.13. The number of ether oxygens (including phenoxy) is 2. The fourth-order valence-corrected chi connectivity index (χ4v) is 1.26. The van der Waals surface area contributed by atoms with Crippen LogP contribution in [0, 0.1) is 0 Å². The number of carbonyl (C=O) groups excluding carboxylic acids is 2. The van der Waals surface area contributed by atoms with Gasteiger partial charge in [0.05, 0.1) is 11.1 Å². The Morgan fingerprint density at radius 1 is 0.769 bits per heavy atom. The number of hydrogen-bond acceptors (Lipinski definition) is 6. The molecule has 0 aliphatic heterocycles. The van der Waals surface area contributed by atoms with E-state index in [4.69, 9.17) is 10.2 Å². The number of carboxylic acids is 2. The van der Waals surface area contributed by atoms with Crippen molar-refractivity contribution >= 4 is 23.9 Å². The van der Waals surface area contributed by atoms with Crippen LogP contribution in [0.25, 0.3) is 0 Å². The van der Waals surface area contributed by atoms with E-state index < -0.39 is 23.9 Å². The standard InChI is InChI=1S/C10H12O4.C8H6O4/c1-6(2)9(11)13-8(5)14-10(12)7(3)4;9-7(10)5-3-1-2-4-6(5)8(11)12/h1,3,5H2,2,4H3;1-4H,(H,9,10)(H,11,12). The molecule has 0 heterocycles. The average molecular weight is 362 g/mol. The number of aromatic carboxylic acids is 2. The second kappa shape index (κ2) is 10.2. The van der Waals surface area contributed by atoms with Gasteiger partial charge in [-0.05, 0) is 32.6 Å². The molecular formula is C18H18O8. The zero-order valence-corrected chi connectivity index (χ0v) is 14.3. The molecule has 138 valence electrons. The summed E-state index contributed by atoms with van der Waals surface area (Å²) in [6.07, 6.45) is 0. The van der Waals surface area contributed by atoms with Crippen LogP contribution in [0.15, 0.2) is 61.1 Å². The minimum Gasteiger partial charge on any atom is -0.478 e. The van der Waals surface area contributed by atoms with Gasteiger partial charge in [-0.3, -0.25) is 0 Å². The zero-order valence-electron chi connectivity index (χ0n) is 14.3. The van der Waals surface area contributed by atoms with E-state index in [0.29, 0.717) is 0 Å². The number of carbonyl (C=O) groups is 4. The summed E-state index contributed by atoms with van der Waals surface area (Å²) in [4.78, 5) is 42.7. The van der Waals surface area contributed by atoms with Crippen molar-refractivity contribution < 1.29 is 38.9 Å². The Morgan fingerprint density at radius 2 is 1.08 bits per heavy atom. The third-order valence-corrected chi connectivity index (χ3v) is 2.50. The van der Waals surface area contributed by atoms with Gasteiger partial charge in [0.2, 0.25) is 0 Å². The van der Waals surface area contributed by atoms with E-state index in [-0.39, 0.29) is 28.2 Å². The largest absolute Gasteiger partial charge is 0.478 e. The van der Waals surface area contributed by atoms with Crippen LogP contribution in [0.5, 0.6) is 0 Å². The smallest absolute Gasteiger partial charge is 0.340 e. The summed E-state index contributed by atoms with van der Waals surface area (Å²) in [6, 6.07) is 5.48. The first-order chi connectivity index (χ1) is 12.0. The Labute approximate surface area is 149 Å². The summed E-state index contributed by atoms with van der Waals surface area (Å²) in [5.41, 5.74) is 0.00467. The lowest BCUT2D eigenvalue weighted by Crippen LogP contribution is -2.11. The van der Waals surface area contributed by atoms with Crippen LogP contribution in [0.1, 0.15) is 34.6 Å². The molecular weight excluding hydrogens is 344 g/mol. The van der Waals surface area contributed by atoms with Crippen molar-refractivity contribution in [3.63, 3.8) is 0 Å². The van der Waals surface area contributed by atoms with E-state index in [2.05, 4.69) is 29.2 Å². The molecule has 0 radical (unpaired) electrons. The maximum absolute atomic E-state index is 10.9. The van der Waals surface area contributed by atoms with E-state index in [1.807, 2.05) is 0 Å². The maximum Gasteiger partial charge on any atom is 0.340 e. The molecule has 26 heavy (non-hydrogen) atoms. The molecule has 0 bridgehead atoms. The van der Waals surface area contributed by atoms with Crippen LogP contribution in [-0.4, -0.2) is 34.1 Å². The van der Waals surface area contributed by atoms with Gasteiger partial charge in [-0.25, -0.2) is 19.2 Å². The minimum atomic E-state index is -1.23. The van der Waals surface area contributed by atoms with E-state index in [1.54, 1.807) is 0 Å². The van der Waals surface area contributed by atoms with Crippen molar-refractivity contribution in [3.05, 3.63) is 72.2 Å². The van der Waals surface area contributed by atoms with Crippen molar-refractivity contribution in [2.75, 3.05) is 0 Å². The Hall–Kier alpha value is -3.68. The minimum absolute atomic E-state index is 0.190. The summed E-state index contributed by atoms with van der Waals surface area (Å²) in [7, 11) is 0. The molecule has 0 aromatic heterocycles. The summed E-state index contributed by atoms with van der Waals surface area (Å²) < 4.78 is 9.03. The molecule has 0 saturated carbocycles. The highest BCUT2D eigenvalue weighted by atomic mass is 16.7. The number of rotatable bonds is 6. The lowest BCUT2D eigenvalue weighted by atomic mass is 10.1. The van der Waals surface area contributed by atoms with Crippen molar-refractivity contribution in [3.8, 4) is 0 Å². The van der Waals surface area contributed by atoms with Gasteiger partial charge in [-0.1, -0.05) is 25.3 Å². The highest BCUT2D eigenvalue weighted by Crippen LogP contribution is 2.08. The average Bonchev–Trinajstić information content (AvgIpc) is 2.54. The van der Waals surface area contributed by atoms with Gasteiger partial charge in [0, 0.05) is 11.1 Å². The summed E-state index contributed by atoms with van der Waals surface area (Å²) in [6.45, 7) is 12.9. The van der Waals surface area contributed by atoms with Crippen LogP contribution >= 0.6 is 0 Å². The Kier molecular flexibility index (Phi) is 8.79. The molecule has 1 aromatic rings. The second-order valence-electron chi connectivity index (χ2n) is 4.87. The first kappa shape index (κ1) is 22.3. The number of carboxylic acid groups (broad SMARTS) is 2. The van der Waals surface area contributed by atoms with Gasteiger partial charge >= 0.3 is 23.9 Å². The molecule has 0 aliphatic carbocycles. The first-order valence-electron chi connectivity index (χ1n) is 6.97. The van der Waals surface area contributed by atoms with E-state index in [9.17, 15) is 19.2 Å². The molecule has 0 spiro atoms. The molecule has 0 unspecified atom stereocenters. The van der Waals surface area contributed by atoms with Crippen molar-refractivity contribution in [2.24, 2.45) is 0 Å². The summed E-state index contributed by atoms with van der Waals surface area (Å²) in [5.74, 6) is -4.22. The monoisotopic (exact) mass is 362 g/mol. The third-order valence-electron chi connectivity index (χ3n) is 2.50. The predicted octanol–water partition coefficient (Wildman–Crippen LogP) is 2.78. The molecule has 0 atom stereocenters. The Morgan fingerprint density at radius 3 is 1.31 bits per heavy atom. The van der Waals surface area contributed by atoms with Crippen LogP contribution < -0.4 is 0 Å². The second-order valence-corrected chi connectivity index (χ2v) is 4.87. The molecule has 1 rings (SSSR count). The molecule has 0 aliphatic rings. The third kappa shape index (κ3) is 7.73. The molecule has 2 N–H and O–H groups in total. The van der Waals surface area contributed by atoms with Gasteiger partial charge in [0.25, 0.3) is 5.95 Å². The van der Waals surface area contributed by atoms with Gasteiger partial charge < -0.3 is 19.7 Å². The molecule has 8 heteroatoms. The zero-order chi connectivity index (χ0) is 20.4. The van der Waals surface area contributed by atoms with Crippen molar-refractivity contribution in [2.45, 2.75) is 13.8 Å². The van der Waals surface area contributed by atoms with Crippen molar-refractivity contribution in [1.29, 1.82) is 0 Å². The van der Waals surface area contributed by atoms with Crippen LogP contribution in [0.4, 0.5) is 0 Å². The number of hydrogen-bond donors (Lipinski definition) is 2. The molecule has 1 aromatic carbocycles. The van der Waals surface area contributed by atoms with Crippen LogP contribution in [0.2, 0.25) is 0 Å². The lowest BCUT2D eigenvalue weighted by Gasteiger charge is -2.06. The summed E-state index contributed by atoms with van der Waals surface area (Å²) in [5, 5.41) is 17.1. The Bertz CT molecular complexity index is 710. The van der Waals surface area contributed by atoms with E-state index in [0.717, 1.165) is 0 Å². The fourth-order valence-electron chi connectivity index (χ4n) is 1.26.